The molecule has 0 aromatic heterocycles. The molecule has 0 aliphatic heterocycles. The minimum absolute atomic E-state index is 0.0827. The van der Waals surface area contributed by atoms with Gasteiger partial charge >= 0.3 is 0 Å². The Labute approximate surface area is 126 Å². The molecule has 0 spiro atoms. The van der Waals surface area contributed by atoms with Crippen LogP contribution in [0.2, 0.25) is 0 Å². The molecule has 2 aliphatic rings. The van der Waals surface area contributed by atoms with Crippen LogP contribution in [0.1, 0.15) is 50.5 Å². The third kappa shape index (κ3) is 2.84. The van der Waals surface area contributed by atoms with Gasteiger partial charge in [-0.05, 0) is 31.2 Å². The molecule has 2 N–H and O–H groups in total. The van der Waals surface area contributed by atoms with Gasteiger partial charge in [-0.15, -0.1) is 0 Å². The van der Waals surface area contributed by atoms with Crippen LogP contribution >= 0.6 is 0 Å². The molecule has 3 heteroatoms. The molecule has 2 saturated carbocycles. The van der Waals surface area contributed by atoms with Crippen molar-refractivity contribution in [1.29, 1.82) is 0 Å². The fraction of sp³-hybridized carbons (Fsp3) is 0.611. The van der Waals surface area contributed by atoms with E-state index in [1.165, 1.54) is 19.3 Å². The summed E-state index contributed by atoms with van der Waals surface area (Å²) in [5, 5.41) is 12.9. The third-order valence-corrected chi connectivity index (χ3v) is 5.38. The van der Waals surface area contributed by atoms with Crippen LogP contribution in [0.4, 0.5) is 0 Å². The van der Waals surface area contributed by atoms with Crippen molar-refractivity contribution in [2.45, 2.75) is 50.4 Å². The van der Waals surface area contributed by atoms with E-state index in [9.17, 15) is 9.90 Å². The van der Waals surface area contributed by atoms with Gasteiger partial charge in [0.1, 0.15) is 0 Å². The predicted molar refractivity (Wildman–Crippen MR) is 83.0 cm³/mol. The zero-order valence-corrected chi connectivity index (χ0v) is 12.6. The summed E-state index contributed by atoms with van der Waals surface area (Å²) in [5.41, 5.74) is 0.747. The molecule has 0 saturated heterocycles. The molecular weight excluding hydrogens is 262 g/mol. The van der Waals surface area contributed by atoms with Gasteiger partial charge in [-0.3, -0.25) is 4.79 Å². The first-order valence-corrected chi connectivity index (χ1v) is 8.16. The molecule has 0 unspecified atom stereocenters. The summed E-state index contributed by atoms with van der Waals surface area (Å²) >= 11 is 0. The van der Waals surface area contributed by atoms with Crippen molar-refractivity contribution < 1.29 is 9.90 Å². The minimum atomic E-state index is -0.299. The third-order valence-electron chi connectivity index (χ3n) is 5.38. The molecule has 3 nitrogen and oxygen atoms in total. The molecule has 1 aromatic carbocycles. The van der Waals surface area contributed by atoms with Crippen molar-refractivity contribution >= 4 is 5.91 Å². The van der Waals surface area contributed by atoms with Gasteiger partial charge in [-0.1, -0.05) is 49.6 Å². The molecule has 0 radical (unpaired) electrons. The SMILES string of the molecule is O=C(NCC1(CO)CCCCC1)C1(c2ccccc2)CC1. The Hall–Kier alpha value is -1.35. The van der Waals surface area contributed by atoms with E-state index in [-0.39, 0.29) is 23.3 Å². The smallest absolute Gasteiger partial charge is 0.230 e. The monoisotopic (exact) mass is 287 g/mol. The fourth-order valence-corrected chi connectivity index (χ4v) is 3.66. The van der Waals surface area contributed by atoms with Crippen molar-refractivity contribution in [3.8, 4) is 0 Å². The lowest BCUT2D eigenvalue weighted by Crippen LogP contribution is -2.44. The van der Waals surface area contributed by atoms with Gasteiger partial charge in [-0.25, -0.2) is 0 Å². The molecule has 0 atom stereocenters. The number of aliphatic hydroxyl groups is 1. The van der Waals surface area contributed by atoms with Crippen molar-refractivity contribution in [3.05, 3.63) is 35.9 Å². The standard InChI is InChI=1S/C18H25NO2/c20-14-17(9-5-2-6-10-17)13-19-16(21)18(11-12-18)15-7-3-1-4-8-15/h1,3-4,7-8,20H,2,5-6,9-14H2,(H,19,21). The van der Waals surface area contributed by atoms with E-state index in [1.807, 2.05) is 18.2 Å². The number of carbonyl (C=O) groups excluding carboxylic acids is 1. The van der Waals surface area contributed by atoms with E-state index in [2.05, 4.69) is 17.4 Å². The van der Waals surface area contributed by atoms with Gasteiger partial charge in [-0.2, -0.15) is 0 Å². The number of hydrogen-bond donors (Lipinski definition) is 2. The normalized spacial score (nSPS) is 22.5. The number of benzene rings is 1. The molecule has 114 valence electrons. The van der Waals surface area contributed by atoms with Crippen LogP contribution in [0.15, 0.2) is 30.3 Å². The van der Waals surface area contributed by atoms with Crippen LogP contribution in [0.3, 0.4) is 0 Å². The van der Waals surface area contributed by atoms with Crippen LogP contribution in [-0.4, -0.2) is 24.2 Å². The van der Waals surface area contributed by atoms with Gasteiger partial charge in [0.2, 0.25) is 5.91 Å². The highest BCUT2D eigenvalue weighted by Gasteiger charge is 2.51. The second-order valence-corrected chi connectivity index (χ2v) is 6.85. The molecule has 2 fully saturated rings. The second-order valence-electron chi connectivity index (χ2n) is 6.85. The van der Waals surface area contributed by atoms with Crippen LogP contribution in [0.5, 0.6) is 0 Å². The van der Waals surface area contributed by atoms with E-state index in [0.717, 1.165) is 31.2 Å². The highest BCUT2D eigenvalue weighted by Crippen LogP contribution is 2.48. The first kappa shape index (κ1) is 14.6. The van der Waals surface area contributed by atoms with Crippen LogP contribution < -0.4 is 5.32 Å². The Kier molecular flexibility index (Phi) is 4.03. The molecule has 21 heavy (non-hydrogen) atoms. The highest BCUT2D eigenvalue weighted by molar-refractivity contribution is 5.91. The molecule has 1 aromatic rings. The Bertz CT molecular complexity index is 487. The summed E-state index contributed by atoms with van der Waals surface area (Å²) in [5.74, 6) is 0.145. The maximum Gasteiger partial charge on any atom is 0.230 e. The number of nitrogens with one attached hydrogen (secondary N) is 1. The molecule has 1 amide bonds. The number of aliphatic hydroxyl groups excluding tert-OH is 1. The van der Waals surface area contributed by atoms with Crippen LogP contribution in [0.25, 0.3) is 0 Å². The first-order valence-electron chi connectivity index (χ1n) is 8.16. The average Bonchev–Trinajstić information content (AvgIpc) is 3.36. The second kappa shape index (κ2) is 5.80. The van der Waals surface area contributed by atoms with Gasteiger partial charge in [0.05, 0.1) is 12.0 Å². The number of carbonyl (C=O) groups is 1. The number of amides is 1. The molecule has 2 aliphatic carbocycles. The van der Waals surface area contributed by atoms with E-state index < -0.39 is 0 Å². The summed E-state index contributed by atoms with van der Waals surface area (Å²) < 4.78 is 0. The molecule has 0 bridgehead atoms. The lowest BCUT2D eigenvalue weighted by Gasteiger charge is -2.36. The topological polar surface area (TPSA) is 49.3 Å². The molecule has 3 rings (SSSR count). The maximum absolute atomic E-state index is 12.6. The van der Waals surface area contributed by atoms with E-state index >= 15 is 0 Å². The predicted octanol–water partition coefficient (Wildman–Crippen LogP) is 2.78. The van der Waals surface area contributed by atoms with E-state index in [4.69, 9.17) is 0 Å². The zero-order valence-electron chi connectivity index (χ0n) is 12.6. The fourth-order valence-electron chi connectivity index (χ4n) is 3.66. The van der Waals surface area contributed by atoms with E-state index in [0.29, 0.717) is 6.54 Å². The average molecular weight is 287 g/mol. The summed E-state index contributed by atoms with van der Waals surface area (Å²) in [6, 6.07) is 10.1. The summed E-state index contributed by atoms with van der Waals surface area (Å²) in [6.45, 7) is 0.808. The Morgan fingerprint density at radius 3 is 2.29 bits per heavy atom. The van der Waals surface area contributed by atoms with E-state index in [1.54, 1.807) is 0 Å². The highest BCUT2D eigenvalue weighted by atomic mass is 16.3. The van der Waals surface area contributed by atoms with Crippen molar-refractivity contribution in [3.63, 3.8) is 0 Å². The quantitative estimate of drug-likeness (QED) is 0.875. The Morgan fingerprint density at radius 2 is 1.71 bits per heavy atom. The van der Waals surface area contributed by atoms with Crippen LogP contribution in [0, 0.1) is 5.41 Å². The zero-order chi connectivity index (χ0) is 14.8. The number of rotatable bonds is 5. The van der Waals surface area contributed by atoms with Gasteiger partial charge in [0.25, 0.3) is 0 Å². The Morgan fingerprint density at radius 1 is 1.05 bits per heavy atom. The minimum Gasteiger partial charge on any atom is -0.396 e. The maximum atomic E-state index is 12.6. The molecular formula is C18H25NO2. The summed E-state index contributed by atoms with van der Waals surface area (Å²) in [4.78, 5) is 12.6. The van der Waals surface area contributed by atoms with Crippen molar-refractivity contribution in [2.75, 3.05) is 13.2 Å². The van der Waals surface area contributed by atoms with Crippen molar-refractivity contribution in [1.82, 2.24) is 5.32 Å². The van der Waals surface area contributed by atoms with Gasteiger partial charge in [0, 0.05) is 12.0 Å². The molecule has 0 heterocycles. The lowest BCUT2D eigenvalue weighted by molar-refractivity contribution is -0.124. The summed E-state index contributed by atoms with van der Waals surface area (Å²) in [7, 11) is 0. The van der Waals surface area contributed by atoms with Crippen molar-refractivity contribution in [2.24, 2.45) is 5.41 Å². The lowest BCUT2D eigenvalue weighted by atomic mass is 9.74. The van der Waals surface area contributed by atoms with Gasteiger partial charge < -0.3 is 10.4 Å². The summed E-state index contributed by atoms with van der Waals surface area (Å²) in [6.07, 6.45) is 7.53. The number of hydrogen-bond acceptors (Lipinski definition) is 2. The Balaban J connectivity index is 1.64. The van der Waals surface area contributed by atoms with Gasteiger partial charge in [0.15, 0.2) is 0 Å². The largest absolute Gasteiger partial charge is 0.396 e. The van der Waals surface area contributed by atoms with Crippen LogP contribution in [-0.2, 0) is 10.2 Å². The first-order chi connectivity index (χ1) is 10.2.